The molecule has 1 fully saturated rings. The molecule has 2 aliphatic heterocycles. The van der Waals surface area contributed by atoms with Crippen LogP contribution in [0, 0.1) is 5.92 Å². The molecule has 0 atom stereocenters. The Hall–Kier alpha value is -0.840. The minimum Gasteiger partial charge on any atom is -0.444 e. The van der Waals surface area contributed by atoms with E-state index in [1.54, 1.807) is 4.90 Å². The standard InChI is InChI=1S/C14H21BrN2O2/c1-14(2,3)19-13(18)17-8-6-10(7-9-17)11-4-5-12(15)16-11/h5,10H,4,6-9H2,1-3H3. The number of piperidine rings is 1. The van der Waals surface area contributed by atoms with Crippen LogP contribution < -0.4 is 0 Å². The fourth-order valence-electron chi connectivity index (χ4n) is 2.40. The number of ether oxygens (including phenoxy) is 1. The first-order valence-electron chi connectivity index (χ1n) is 6.76. The number of allylic oxidation sites excluding steroid dienone is 1. The summed E-state index contributed by atoms with van der Waals surface area (Å²) >= 11 is 3.40. The fourth-order valence-corrected chi connectivity index (χ4v) is 2.79. The summed E-state index contributed by atoms with van der Waals surface area (Å²) in [5, 5.41) is 0. The predicted octanol–water partition coefficient (Wildman–Crippen LogP) is 3.71. The molecule has 0 spiro atoms. The van der Waals surface area contributed by atoms with Gasteiger partial charge in [0.15, 0.2) is 0 Å². The second-order valence-corrected chi connectivity index (χ2v) is 6.89. The van der Waals surface area contributed by atoms with Crippen LogP contribution in [-0.2, 0) is 4.74 Å². The van der Waals surface area contributed by atoms with Gasteiger partial charge in [-0.1, -0.05) is 0 Å². The first kappa shape index (κ1) is 14.6. The van der Waals surface area contributed by atoms with E-state index in [0.717, 1.165) is 37.0 Å². The van der Waals surface area contributed by atoms with Crippen molar-refractivity contribution >= 4 is 27.7 Å². The van der Waals surface area contributed by atoms with Crippen LogP contribution in [0.5, 0.6) is 0 Å². The van der Waals surface area contributed by atoms with E-state index in [-0.39, 0.29) is 6.09 Å². The van der Waals surface area contributed by atoms with Crippen LogP contribution in [0.1, 0.15) is 40.0 Å². The number of halogens is 1. The van der Waals surface area contributed by atoms with Gasteiger partial charge < -0.3 is 9.64 Å². The molecule has 0 aromatic carbocycles. The number of hydrogen-bond donors (Lipinski definition) is 0. The van der Waals surface area contributed by atoms with Crippen LogP contribution in [0.4, 0.5) is 4.79 Å². The summed E-state index contributed by atoms with van der Waals surface area (Å²) in [6, 6.07) is 0. The molecule has 4 nitrogen and oxygen atoms in total. The summed E-state index contributed by atoms with van der Waals surface area (Å²) in [6.45, 7) is 7.21. The van der Waals surface area contributed by atoms with E-state index in [2.05, 4.69) is 27.0 Å². The Morgan fingerprint density at radius 2 is 2.05 bits per heavy atom. The van der Waals surface area contributed by atoms with Crippen molar-refractivity contribution in [2.75, 3.05) is 13.1 Å². The van der Waals surface area contributed by atoms with E-state index < -0.39 is 5.60 Å². The molecule has 0 saturated carbocycles. The average Bonchev–Trinajstić information content (AvgIpc) is 2.74. The topological polar surface area (TPSA) is 41.9 Å². The lowest BCUT2D eigenvalue weighted by Crippen LogP contribution is -2.42. The summed E-state index contributed by atoms with van der Waals surface area (Å²) < 4.78 is 6.34. The van der Waals surface area contributed by atoms with Crippen molar-refractivity contribution in [1.82, 2.24) is 4.90 Å². The predicted molar refractivity (Wildman–Crippen MR) is 79.6 cm³/mol. The van der Waals surface area contributed by atoms with Gasteiger partial charge in [-0.2, -0.15) is 0 Å². The van der Waals surface area contributed by atoms with Gasteiger partial charge in [-0.05, 0) is 55.6 Å². The summed E-state index contributed by atoms with van der Waals surface area (Å²) in [5.41, 5.74) is 0.828. The lowest BCUT2D eigenvalue weighted by atomic mass is 9.91. The fraction of sp³-hybridized carbons (Fsp3) is 0.714. The number of carbonyl (C=O) groups excluding carboxylic acids is 1. The van der Waals surface area contributed by atoms with Crippen LogP contribution >= 0.6 is 15.9 Å². The highest BCUT2D eigenvalue weighted by atomic mass is 79.9. The molecule has 5 heteroatoms. The van der Waals surface area contributed by atoms with Crippen molar-refractivity contribution in [2.24, 2.45) is 10.9 Å². The minimum atomic E-state index is -0.418. The number of rotatable bonds is 1. The molecule has 0 N–H and O–H groups in total. The molecule has 0 aromatic rings. The molecular weight excluding hydrogens is 308 g/mol. The van der Waals surface area contributed by atoms with Crippen LogP contribution in [0.2, 0.25) is 0 Å². The summed E-state index contributed by atoms with van der Waals surface area (Å²) in [5.74, 6) is 0.505. The van der Waals surface area contributed by atoms with Crippen LogP contribution in [0.25, 0.3) is 0 Å². The van der Waals surface area contributed by atoms with E-state index in [0.29, 0.717) is 5.92 Å². The minimum absolute atomic E-state index is 0.196. The number of amides is 1. The molecule has 1 amide bonds. The van der Waals surface area contributed by atoms with Crippen molar-refractivity contribution in [1.29, 1.82) is 0 Å². The second kappa shape index (κ2) is 5.65. The second-order valence-electron chi connectivity index (χ2n) is 6.08. The molecule has 106 valence electrons. The van der Waals surface area contributed by atoms with Crippen molar-refractivity contribution in [2.45, 2.75) is 45.6 Å². The number of aliphatic imine (C=N–C) groups is 1. The molecule has 19 heavy (non-hydrogen) atoms. The van der Waals surface area contributed by atoms with E-state index in [4.69, 9.17) is 4.74 Å². The van der Waals surface area contributed by atoms with Crippen LogP contribution in [0.15, 0.2) is 15.7 Å². The maximum atomic E-state index is 11.9. The number of hydrogen-bond acceptors (Lipinski definition) is 3. The number of nitrogens with zero attached hydrogens (tertiary/aromatic N) is 2. The van der Waals surface area contributed by atoms with E-state index in [1.165, 1.54) is 5.71 Å². The number of carbonyl (C=O) groups is 1. The molecule has 0 bridgehead atoms. The van der Waals surface area contributed by atoms with Crippen LogP contribution in [0.3, 0.4) is 0 Å². The lowest BCUT2D eigenvalue weighted by Gasteiger charge is -2.33. The zero-order valence-corrected chi connectivity index (χ0v) is 13.4. The maximum absolute atomic E-state index is 11.9. The highest BCUT2D eigenvalue weighted by Crippen LogP contribution is 2.27. The Morgan fingerprint density at radius 3 is 2.53 bits per heavy atom. The lowest BCUT2D eigenvalue weighted by molar-refractivity contribution is 0.0201. The zero-order valence-electron chi connectivity index (χ0n) is 11.8. The van der Waals surface area contributed by atoms with Gasteiger partial charge in [-0.15, -0.1) is 0 Å². The molecule has 2 aliphatic rings. The third-order valence-corrected chi connectivity index (χ3v) is 3.85. The molecule has 2 rings (SSSR count). The highest BCUT2D eigenvalue weighted by Gasteiger charge is 2.29. The molecule has 2 heterocycles. The Kier molecular flexibility index (Phi) is 4.33. The molecule has 0 unspecified atom stereocenters. The quantitative estimate of drug-likeness (QED) is 0.688. The van der Waals surface area contributed by atoms with E-state index in [9.17, 15) is 4.79 Å². The normalized spacial score (nSPS) is 21.2. The summed E-state index contributed by atoms with van der Waals surface area (Å²) in [7, 11) is 0. The molecule has 0 radical (unpaired) electrons. The first-order valence-corrected chi connectivity index (χ1v) is 7.55. The van der Waals surface area contributed by atoms with Gasteiger partial charge in [0.25, 0.3) is 0 Å². The molecule has 0 aliphatic carbocycles. The molecular formula is C14H21BrN2O2. The third-order valence-electron chi connectivity index (χ3n) is 3.35. The van der Waals surface area contributed by atoms with Gasteiger partial charge in [0.05, 0.1) is 0 Å². The SMILES string of the molecule is CC(C)(C)OC(=O)N1CCC(C2=NC(Br)=CC2)CC1. The Bertz CT molecular complexity index is 416. The highest BCUT2D eigenvalue weighted by molar-refractivity contribution is 9.11. The van der Waals surface area contributed by atoms with Gasteiger partial charge in [0.2, 0.25) is 0 Å². The molecule has 1 saturated heterocycles. The van der Waals surface area contributed by atoms with Crippen molar-refractivity contribution < 1.29 is 9.53 Å². The molecule has 0 aromatic heterocycles. The van der Waals surface area contributed by atoms with Gasteiger partial charge in [-0.3, -0.25) is 4.99 Å². The van der Waals surface area contributed by atoms with E-state index in [1.807, 2.05) is 20.8 Å². The third kappa shape index (κ3) is 4.06. The Labute approximate surface area is 123 Å². The van der Waals surface area contributed by atoms with Crippen molar-refractivity contribution in [3.05, 3.63) is 10.7 Å². The van der Waals surface area contributed by atoms with Crippen molar-refractivity contribution in [3.63, 3.8) is 0 Å². The average molecular weight is 329 g/mol. The summed E-state index contributed by atoms with van der Waals surface area (Å²) in [6.07, 6.45) is 4.80. The number of likely N-dealkylation sites (tertiary alicyclic amines) is 1. The van der Waals surface area contributed by atoms with E-state index >= 15 is 0 Å². The van der Waals surface area contributed by atoms with Crippen molar-refractivity contribution in [3.8, 4) is 0 Å². The largest absolute Gasteiger partial charge is 0.444 e. The van der Waals surface area contributed by atoms with Gasteiger partial charge >= 0.3 is 6.09 Å². The Morgan fingerprint density at radius 1 is 1.42 bits per heavy atom. The van der Waals surface area contributed by atoms with Gasteiger partial charge in [-0.25, -0.2) is 4.79 Å². The smallest absolute Gasteiger partial charge is 0.410 e. The first-order chi connectivity index (χ1) is 8.85. The summed E-state index contributed by atoms with van der Waals surface area (Å²) in [4.78, 5) is 18.3. The van der Waals surface area contributed by atoms with Gasteiger partial charge in [0.1, 0.15) is 10.2 Å². The monoisotopic (exact) mass is 328 g/mol. The maximum Gasteiger partial charge on any atom is 0.410 e. The Balaban J connectivity index is 1.83. The van der Waals surface area contributed by atoms with Gasteiger partial charge in [0, 0.05) is 31.1 Å². The zero-order chi connectivity index (χ0) is 14.0. The van der Waals surface area contributed by atoms with Crippen LogP contribution in [-0.4, -0.2) is 35.4 Å².